The molecule has 1 fully saturated rings. The standard InChI is InChI=1S/C17H19N3O2/c1-22-15-4-2-3-14(17(21)20-13-5-6-13)16(15)19-11-12-7-9-18-10-8-12/h2-4,7-10,13,19H,5-6,11H2,1H3,(H,20,21). The largest absolute Gasteiger partial charge is 0.495 e. The maximum atomic E-state index is 12.4. The lowest BCUT2D eigenvalue weighted by Crippen LogP contribution is -2.26. The van der Waals surface area contributed by atoms with Crippen molar-refractivity contribution < 1.29 is 9.53 Å². The molecule has 0 unspecified atom stereocenters. The van der Waals surface area contributed by atoms with E-state index in [0.29, 0.717) is 23.9 Å². The van der Waals surface area contributed by atoms with Gasteiger partial charge in [-0.3, -0.25) is 9.78 Å². The predicted molar refractivity (Wildman–Crippen MR) is 85.0 cm³/mol. The van der Waals surface area contributed by atoms with Gasteiger partial charge in [0.05, 0.1) is 18.4 Å². The third kappa shape index (κ3) is 3.36. The summed E-state index contributed by atoms with van der Waals surface area (Å²) in [6, 6.07) is 9.70. The number of carbonyl (C=O) groups is 1. The number of hydrogen-bond acceptors (Lipinski definition) is 4. The molecule has 0 bridgehead atoms. The van der Waals surface area contributed by atoms with Crippen LogP contribution in [0.25, 0.3) is 0 Å². The van der Waals surface area contributed by atoms with E-state index in [-0.39, 0.29) is 5.91 Å². The Kier molecular flexibility index (Phi) is 4.23. The molecule has 5 heteroatoms. The lowest BCUT2D eigenvalue weighted by molar-refractivity contribution is 0.0951. The number of benzene rings is 1. The summed E-state index contributed by atoms with van der Waals surface area (Å²) in [5.74, 6) is 0.608. The van der Waals surface area contributed by atoms with Gasteiger partial charge in [-0.05, 0) is 42.7 Å². The fraction of sp³-hybridized carbons (Fsp3) is 0.294. The highest BCUT2D eigenvalue weighted by atomic mass is 16.5. The van der Waals surface area contributed by atoms with Gasteiger partial charge in [0.1, 0.15) is 5.75 Å². The monoisotopic (exact) mass is 297 g/mol. The van der Waals surface area contributed by atoms with Crippen LogP contribution in [0.5, 0.6) is 5.75 Å². The first-order valence-corrected chi connectivity index (χ1v) is 7.38. The Hall–Kier alpha value is -2.56. The molecule has 22 heavy (non-hydrogen) atoms. The summed E-state index contributed by atoms with van der Waals surface area (Å²) in [5, 5.41) is 6.33. The fourth-order valence-corrected chi connectivity index (χ4v) is 2.25. The van der Waals surface area contributed by atoms with E-state index in [1.54, 1.807) is 19.5 Å². The van der Waals surface area contributed by atoms with E-state index in [2.05, 4.69) is 15.6 Å². The van der Waals surface area contributed by atoms with Crippen molar-refractivity contribution in [2.24, 2.45) is 0 Å². The van der Waals surface area contributed by atoms with E-state index < -0.39 is 0 Å². The molecule has 1 aliphatic carbocycles. The van der Waals surface area contributed by atoms with E-state index in [9.17, 15) is 4.79 Å². The zero-order chi connectivity index (χ0) is 15.4. The Balaban J connectivity index is 1.81. The number of carbonyl (C=O) groups excluding carboxylic acids is 1. The van der Waals surface area contributed by atoms with Crippen molar-refractivity contribution >= 4 is 11.6 Å². The van der Waals surface area contributed by atoms with Crippen molar-refractivity contribution in [3.8, 4) is 5.75 Å². The molecule has 0 aliphatic heterocycles. The smallest absolute Gasteiger partial charge is 0.253 e. The molecule has 0 atom stereocenters. The number of para-hydroxylation sites is 1. The fourth-order valence-electron chi connectivity index (χ4n) is 2.25. The number of ether oxygens (including phenoxy) is 1. The molecule has 1 aromatic carbocycles. The molecule has 2 N–H and O–H groups in total. The summed E-state index contributed by atoms with van der Waals surface area (Å²) in [4.78, 5) is 16.4. The minimum atomic E-state index is -0.0568. The maximum absolute atomic E-state index is 12.4. The average Bonchev–Trinajstić information content (AvgIpc) is 3.37. The molecule has 3 rings (SSSR count). The van der Waals surface area contributed by atoms with Gasteiger partial charge in [-0.2, -0.15) is 0 Å². The van der Waals surface area contributed by atoms with E-state index in [0.717, 1.165) is 24.1 Å². The zero-order valence-corrected chi connectivity index (χ0v) is 12.5. The van der Waals surface area contributed by atoms with Gasteiger partial charge in [-0.15, -0.1) is 0 Å². The third-order valence-corrected chi connectivity index (χ3v) is 3.62. The lowest BCUT2D eigenvalue weighted by atomic mass is 10.1. The Morgan fingerprint density at radius 2 is 2.05 bits per heavy atom. The summed E-state index contributed by atoms with van der Waals surface area (Å²) in [5.41, 5.74) is 2.43. The normalized spacial score (nSPS) is 13.5. The summed E-state index contributed by atoms with van der Waals surface area (Å²) in [7, 11) is 1.61. The van der Waals surface area contributed by atoms with Crippen LogP contribution in [0.4, 0.5) is 5.69 Å². The Morgan fingerprint density at radius 1 is 1.27 bits per heavy atom. The van der Waals surface area contributed by atoms with Gasteiger partial charge < -0.3 is 15.4 Å². The van der Waals surface area contributed by atoms with Crippen LogP contribution in [0.2, 0.25) is 0 Å². The molecular weight excluding hydrogens is 278 g/mol. The number of nitrogens with one attached hydrogen (secondary N) is 2. The van der Waals surface area contributed by atoms with Crippen LogP contribution in [0, 0.1) is 0 Å². The number of methoxy groups -OCH3 is 1. The highest BCUT2D eigenvalue weighted by Gasteiger charge is 2.25. The van der Waals surface area contributed by atoms with Gasteiger partial charge >= 0.3 is 0 Å². The number of rotatable bonds is 6. The van der Waals surface area contributed by atoms with Gasteiger partial charge in [-0.25, -0.2) is 0 Å². The Labute approximate surface area is 129 Å². The first-order chi connectivity index (χ1) is 10.8. The Morgan fingerprint density at radius 3 is 2.73 bits per heavy atom. The third-order valence-electron chi connectivity index (χ3n) is 3.62. The summed E-state index contributed by atoms with van der Waals surface area (Å²) in [6.45, 7) is 0.604. The highest BCUT2D eigenvalue weighted by Crippen LogP contribution is 2.30. The second kappa shape index (κ2) is 6.47. The van der Waals surface area contributed by atoms with Crippen molar-refractivity contribution in [2.75, 3.05) is 12.4 Å². The van der Waals surface area contributed by atoms with Gasteiger partial charge in [0.15, 0.2) is 0 Å². The van der Waals surface area contributed by atoms with Crippen molar-refractivity contribution in [2.45, 2.75) is 25.4 Å². The molecule has 1 aliphatic rings. The van der Waals surface area contributed by atoms with Crippen molar-refractivity contribution in [1.29, 1.82) is 0 Å². The molecular formula is C17H19N3O2. The molecule has 5 nitrogen and oxygen atoms in total. The number of amides is 1. The van der Waals surface area contributed by atoms with E-state index in [4.69, 9.17) is 4.74 Å². The topological polar surface area (TPSA) is 63.2 Å². The first kappa shape index (κ1) is 14.4. The van der Waals surface area contributed by atoms with Crippen LogP contribution in [0.3, 0.4) is 0 Å². The van der Waals surface area contributed by atoms with Crippen molar-refractivity contribution in [3.63, 3.8) is 0 Å². The van der Waals surface area contributed by atoms with Crippen LogP contribution in [0.15, 0.2) is 42.7 Å². The van der Waals surface area contributed by atoms with Crippen LogP contribution >= 0.6 is 0 Å². The minimum Gasteiger partial charge on any atom is -0.495 e. The van der Waals surface area contributed by atoms with E-state index in [1.165, 1.54) is 0 Å². The molecule has 1 heterocycles. The number of aromatic nitrogens is 1. The summed E-state index contributed by atoms with van der Waals surface area (Å²) >= 11 is 0. The molecule has 0 saturated heterocycles. The predicted octanol–water partition coefficient (Wildman–Crippen LogP) is 2.59. The van der Waals surface area contributed by atoms with Gasteiger partial charge in [-0.1, -0.05) is 6.07 Å². The van der Waals surface area contributed by atoms with Crippen LogP contribution in [-0.4, -0.2) is 24.0 Å². The van der Waals surface area contributed by atoms with E-state index >= 15 is 0 Å². The Bertz CT molecular complexity index is 654. The molecule has 2 aromatic rings. The number of nitrogens with zero attached hydrogens (tertiary/aromatic N) is 1. The molecule has 0 spiro atoms. The van der Waals surface area contributed by atoms with Crippen LogP contribution < -0.4 is 15.4 Å². The molecule has 1 aromatic heterocycles. The molecule has 0 radical (unpaired) electrons. The maximum Gasteiger partial charge on any atom is 0.253 e. The SMILES string of the molecule is COc1cccc(C(=O)NC2CC2)c1NCc1ccncc1. The van der Waals surface area contributed by atoms with Crippen molar-refractivity contribution in [1.82, 2.24) is 10.3 Å². The van der Waals surface area contributed by atoms with Crippen LogP contribution in [0.1, 0.15) is 28.8 Å². The highest BCUT2D eigenvalue weighted by molar-refractivity contribution is 6.01. The summed E-state index contributed by atoms with van der Waals surface area (Å²) in [6.07, 6.45) is 5.63. The second-order valence-electron chi connectivity index (χ2n) is 5.34. The molecule has 114 valence electrons. The van der Waals surface area contributed by atoms with Gasteiger partial charge in [0, 0.05) is 25.0 Å². The summed E-state index contributed by atoms with van der Waals surface area (Å²) < 4.78 is 5.39. The van der Waals surface area contributed by atoms with Gasteiger partial charge in [0.2, 0.25) is 0 Å². The lowest BCUT2D eigenvalue weighted by Gasteiger charge is -2.15. The number of anilines is 1. The van der Waals surface area contributed by atoms with E-state index in [1.807, 2.05) is 30.3 Å². The molecule has 1 amide bonds. The average molecular weight is 297 g/mol. The zero-order valence-electron chi connectivity index (χ0n) is 12.5. The minimum absolute atomic E-state index is 0.0568. The number of hydrogen-bond donors (Lipinski definition) is 2. The molecule has 1 saturated carbocycles. The second-order valence-corrected chi connectivity index (χ2v) is 5.34. The van der Waals surface area contributed by atoms with Crippen LogP contribution in [-0.2, 0) is 6.54 Å². The quantitative estimate of drug-likeness (QED) is 0.860. The van der Waals surface area contributed by atoms with Crippen molar-refractivity contribution in [3.05, 3.63) is 53.9 Å². The number of pyridine rings is 1. The van der Waals surface area contributed by atoms with Gasteiger partial charge in [0.25, 0.3) is 5.91 Å². The first-order valence-electron chi connectivity index (χ1n) is 7.38.